The fraction of sp³-hybridized carbons (Fsp3) is 0.227. The molecule has 1 unspecified atom stereocenters. The average molecular weight is 398 g/mol. The molecule has 2 aromatic carbocycles. The minimum Gasteiger partial charge on any atom is -0.504 e. The van der Waals surface area contributed by atoms with Gasteiger partial charge in [-0.15, -0.1) is 12.8 Å². The van der Waals surface area contributed by atoms with Crippen molar-refractivity contribution in [2.45, 2.75) is 12.5 Å². The maximum absolute atomic E-state index is 12.5. The first kappa shape index (κ1) is 21.2. The fourth-order valence-electron chi connectivity index (χ4n) is 2.47. The van der Waals surface area contributed by atoms with Crippen molar-refractivity contribution in [3.05, 3.63) is 58.6 Å². The van der Waals surface area contributed by atoms with Crippen LogP contribution in [0.25, 0.3) is 0 Å². The van der Waals surface area contributed by atoms with Crippen LogP contribution in [-0.4, -0.2) is 30.8 Å². The molecule has 0 bridgehead atoms. The van der Waals surface area contributed by atoms with E-state index in [2.05, 4.69) is 17.2 Å². The zero-order valence-corrected chi connectivity index (χ0v) is 15.9. The molecular formula is C22H20ClNO4. The van der Waals surface area contributed by atoms with Gasteiger partial charge in [0.2, 0.25) is 0 Å². The number of benzene rings is 2. The molecule has 2 aromatic rings. The number of carbonyl (C=O) groups is 1. The van der Waals surface area contributed by atoms with Gasteiger partial charge in [-0.25, -0.2) is 0 Å². The normalized spacial score (nSPS) is 11.1. The summed E-state index contributed by atoms with van der Waals surface area (Å²) in [5.74, 6) is 4.70. The van der Waals surface area contributed by atoms with Crippen molar-refractivity contribution in [3.63, 3.8) is 0 Å². The first-order chi connectivity index (χ1) is 13.5. The number of halogens is 1. The highest BCUT2D eigenvalue weighted by molar-refractivity contribution is 6.30. The molecule has 0 aliphatic rings. The van der Waals surface area contributed by atoms with Crippen molar-refractivity contribution < 1.29 is 19.4 Å². The van der Waals surface area contributed by atoms with E-state index in [1.165, 1.54) is 0 Å². The van der Waals surface area contributed by atoms with Crippen molar-refractivity contribution in [1.29, 1.82) is 0 Å². The molecule has 0 spiro atoms. The Morgan fingerprint density at radius 2 is 1.86 bits per heavy atom. The van der Waals surface area contributed by atoms with E-state index >= 15 is 0 Å². The van der Waals surface area contributed by atoms with Gasteiger partial charge in [-0.05, 0) is 41.8 Å². The van der Waals surface area contributed by atoms with Gasteiger partial charge in [0.25, 0.3) is 5.91 Å². The van der Waals surface area contributed by atoms with Crippen LogP contribution in [0.2, 0.25) is 5.02 Å². The van der Waals surface area contributed by atoms with E-state index in [1.54, 1.807) is 42.5 Å². The van der Waals surface area contributed by atoms with Crippen LogP contribution in [0.4, 0.5) is 0 Å². The molecule has 1 amide bonds. The smallest absolute Gasteiger partial charge is 0.253 e. The second-order valence-corrected chi connectivity index (χ2v) is 6.22. The second kappa shape index (κ2) is 10.9. The summed E-state index contributed by atoms with van der Waals surface area (Å²) >= 11 is 5.89. The van der Waals surface area contributed by atoms with E-state index in [1.807, 2.05) is 0 Å². The number of rotatable bonds is 9. The highest BCUT2D eigenvalue weighted by Gasteiger charge is 2.20. The topological polar surface area (TPSA) is 67.8 Å². The number of amides is 1. The van der Waals surface area contributed by atoms with Crippen LogP contribution in [-0.2, 0) is 16.0 Å². The molecule has 28 heavy (non-hydrogen) atoms. The molecule has 0 aliphatic carbocycles. The lowest BCUT2D eigenvalue weighted by Crippen LogP contribution is -2.32. The lowest BCUT2D eigenvalue weighted by Gasteiger charge is -2.17. The van der Waals surface area contributed by atoms with Gasteiger partial charge >= 0.3 is 0 Å². The highest BCUT2D eigenvalue weighted by atomic mass is 35.5. The number of ether oxygens (including phenoxy) is 2. The lowest BCUT2D eigenvalue weighted by atomic mass is 10.1. The zero-order chi connectivity index (χ0) is 20.4. The van der Waals surface area contributed by atoms with Crippen LogP contribution >= 0.6 is 11.6 Å². The standard InChI is InChI=1S/C22H20ClNO4/c1-3-13-27-20-10-5-16(15-19(20)25)11-12-24-22(26)21(28-14-4-2)17-6-8-18(23)9-7-17/h1-2,5-10,15,21,25H,11-14H2,(H,24,26). The number of hydrogen-bond acceptors (Lipinski definition) is 4. The van der Waals surface area contributed by atoms with Crippen molar-refractivity contribution in [3.8, 4) is 36.2 Å². The van der Waals surface area contributed by atoms with Gasteiger partial charge in [0.15, 0.2) is 17.6 Å². The minimum absolute atomic E-state index is 0.00419. The molecule has 6 heteroatoms. The summed E-state index contributed by atoms with van der Waals surface area (Å²) in [6.07, 6.45) is 10.0. The summed E-state index contributed by atoms with van der Waals surface area (Å²) in [6.45, 7) is 0.437. The van der Waals surface area contributed by atoms with Crippen molar-refractivity contribution in [1.82, 2.24) is 5.32 Å². The Morgan fingerprint density at radius 3 is 2.50 bits per heavy atom. The van der Waals surface area contributed by atoms with Crippen LogP contribution in [0.15, 0.2) is 42.5 Å². The number of hydrogen-bond donors (Lipinski definition) is 2. The predicted molar refractivity (Wildman–Crippen MR) is 108 cm³/mol. The van der Waals surface area contributed by atoms with Gasteiger partial charge in [-0.2, -0.15) is 0 Å². The molecule has 0 aliphatic heterocycles. The SMILES string of the molecule is C#CCOc1ccc(CCNC(=O)C(OCC#C)c2ccc(Cl)cc2)cc1O. The number of phenolic OH excluding ortho intramolecular Hbond substituents is 1. The Kier molecular flexibility index (Phi) is 8.24. The van der Waals surface area contributed by atoms with Crippen LogP contribution in [0.3, 0.4) is 0 Å². The summed E-state index contributed by atoms with van der Waals surface area (Å²) in [5, 5.41) is 13.3. The molecule has 0 radical (unpaired) electrons. The van der Waals surface area contributed by atoms with Gasteiger partial charge in [0.05, 0.1) is 0 Å². The van der Waals surface area contributed by atoms with E-state index in [0.29, 0.717) is 29.3 Å². The van der Waals surface area contributed by atoms with Gasteiger partial charge in [0.1, 0.15) is 13.2 Å². The third-order valence-corrected chi connectivity index (χ3v) is 4.04. The van der Waals surface area contributed by atoms with E-state index in [9.17, 15) is 9.90 Å². The van der Waals surface area contributed by atoms with Crippen molar-refractivity contribution in [2.24, 2.45) is 0 Å². The summed E-state index contributed by atoms with van der Waals surface area (Å²) in [4.78, 5) is 12.5. The largest absolute Gasteiger partial charge is 0.504 e. The van der Waals surface area contributed by atoms with Gasteiger partial charge in [0, 0.05) is 11.6 Å². The molecule has 0 aromatic heterocycles. The van der Waals surface area contributed by atoms with E-state index in [4.69, 9.17) is 33.9 Å². The van der Waals surface area contributed by atoms with Gasteiger partial charge in [-0.3, -0.25) is 4.79 Å². The first-order valence-corrected chi connectivity index (χ1v) is 8.89. The first-order valence-electron chi connectivity index (χ1n) is 8.51. The average Bonchev–Trinajstić information content (AvgIpc) is 2.69. The molecule has 5 nitrogen and oxygen atoms in total. The quantitative estimate of drug-likeness (QED) is 0.638. The summed E-state index contributed by atoms with van der Waals surface area (Å²) in [6, 6.07) is 11.8. The van der Waals surface area contributed by atoms with Gasteiger partial charge < -0.3 is 19.9 Å². The molecule has 1 atom stereocenters. The summed E-state index contributed by atoms with van der Waals surface area (Å²) < 4.78 is 10.7. The number of nitrogens with one attached hydrogen (secondary N) is 1. The zero-order valence-electron chi connectivity index (χ0n) is 15.2. The third-order valence-electron chi connectivity index (χ3n) is 3.79. The maximum Gasteiger partial charge on any atom is 0.253 e. The van der Waals surface area contributed by atoms with Crippen LogP contribution in [0.5, 0.6) is 11.5 Å². The van der Waals surface area contributed by atoms with Gasteiger partial charge in [-0.1, -0.05) is 41.6 Å². The number of carbonyl (C=O) groups excluding carboxylic acids is 1. The Balaban J connectivity index is 1.95. The molecule has 2 N–H and O–H groups in total. The van der Waals surface area contributed by atoms with Crippen LogP contribution in [0, 0.1) is 24.7 Å². The minimum atomic E-state index is -0.832. The monoisotopic (exact) mass is 397 g/mol. The Hall–Kier alpha value is -3.12. The fourth-order valence-corrected chi connectivity index (χ4v) is 2.60. The Morgan fingerprint density at radius 1 is 1.14 bits per heavy atom. The third kappa shape index (κ3) is 6.25. The number of phenols is 1. The number of aromatic hydroxyl groups is 1. The summed E-state index contributed by atoms with van der Waals surface area (Å²) in [7, 11) is 0. The van der Waals surface area contributed by atoms with E-state index < -0.39 is 6.10 Å². The highest BCUT2D eigenvalue weighted by Crippen LogP contribution is 2.27. The second-order valence-electron chi connectivity index (χ2n) is 5.78. The Labute approximate surface area is 169 Å². The molecular weight excluding hydrogens is 378 g/mol. The molecule has 0 saturated carbocycles. The van der Waals surface area contributed by atoms with E-state index in [-0.39, 0.29) is 24.9 Å². The lowest BCUT2D eigenvalue weighted by molar-refractivity contribution is -0.132. The van der Waals surface area contributed by atoms with E-state index in [0.717, 1.165) is 5.56 Å². The van der Waals surface area contributed by atoms with Crippen molar-refractivity contribution >= 4 is 17.5 Å². The van der Waals surface area contributed by atoms with Crippen molar-refractivity contribution in [2.75, 3.05) is 19.8 Å². The molecule has 0 saturated heterocycles. The maximum atomic E-state index is 12.5. The summed E-state index contributed by atoms with van der Waals surface area (Å²) in [5.41, 5.74) is 1.49. The Bertz CT molecular complexity index is 881. The van der Waals surface area contributed by atoms with Crippen LogP contribution < -0.4 is 10.1 Å². The molecule has 0 fully saturated rings. The van der Waals surface area contributed by atoms with Crippen LogP contribution in [0.1, 0.15) is 17.2 Å². The molecule has 0 heterocycles. The molecule has 144 valence electrons. The molecule has 2 rings (SSSR count). The predicted octanol–water partition coefficient (Wildman–Crippen LogP) is 3.11. The number of terminal acetylenes is 2.